The number of benzene rings is 1. The molecule has 0 bridgehead atoms. The molecule has 1 rings (SSSR count). The molecule has 110 valence electrons. The van der Waals surface area contributed by atoms with Crippen molar-refractivity contribution in [2.24, 2.45) is 0 Å². The van der Waals surface area contributed by atoms with E-state index in [4.69, 9.17) is 14.6 Å². The van der Waals surface area contributed by atoms with Gasteiger partial charge in [-0.25, -0.2) is 4.79 Å². The highest BCUT2D eigenvalue weighted by Crippen LogP contribution is 2.37. The lowest BCUT2D eigenvalue weighted by Gasteiger charge is -2.13. The van der Waals surface area contributed by atoms with Crippen molar-refractivity contribution in [3.63, 3.8) is 0 Å². The third-order valence-corrected chi connectivity index (χ3v) is 3.70. The van der Waals surface area contributed by atoms with Crippen LogP contribution in [0, 0.1) is 0 Å². The third-order valence-electron chi connectivity index (χ3n) is 2.41. The molecule has 0 saturated heterocycles. The molecule has 0 atom stereocenters. The zero-order chi connectivity index (χ0) is 15.0. The molecule has 1 N–H and O–H groups in total. The molecule has 0 spiro atoms. The molecule has 4 nitrogen and oxygen atoms in total. The van der Waals surface area contributed by atoms with Crippen molar-refractivity contribution in [2.75, 3.05) is 25.7 Å². The van der Waals surface area contributed by atoms with Crippen molar-refractivity contribution in [3.05, 3.63) is 28.2 Å². The number of carbonyl (C=O) groups is 1. The van der Waals surface area contributed by atoms with Crippen LogP contribution in [0.1, 0.15) is 12.0 Å². The average molecular weight is 361 g/mol. The predicted octanol–water partition coefficient (Wildman–Crippen LogP) is 3.69. The molecule has 0 radical (unpaired) electrons. The summed E-state index contributed by atoms with van der Waals surface area (Å²) < 4.78 is 11.7. The largest absolute Gasteiger partial charge is 0.493 e. The summed E-state index contributed by atoms with van der Waals surface area (Å²) in [5.41, 5.74) is 0.729. The van der Waals surface area contributed by atoms with Crippen molar-refractivity contribution in [2.45, 2.75) is 6.42 Å². The average Bonchev–Trinajstić information content (AvgIpc) is 2.42. The summed E-state index contributed by atoms with van der Waals surface area (Å²) in [5.74, 6) is 1.27. The Hall–Kier alpha value is -1.14. The number of hydrogen-bond acceptors (Lipinski definition) is 4. The number of methoxy groups -OCH3 is 1. The highest BCUT2D eigenvalue weighted by atomic mass is 79.9. The lowest BCUT2D eigenvalue weighted by atomic mass is 10.2. The Balaban J connectivity index is 2.87. The van der Waals surface area contributed by atoms with Gasteiger partial charge in [-0.2, -0.15) is 11.8 Å². The highest BCUT2D eigenvalue weighted by Gasteiger charge is 2.10. The first-order chi connectivity index (χ1) is 9.58. The molecular formula is C14H17BrO4S. The Morgan fingerprint density at radius 1 is 1.50 bits per heavy atom. The number of thioether (sulfide) groups is 1. The fraction of sp³-hybridized carbons (Fsp3) is 0.357. The summed E-state index contributed by atoms with van der Waals surface area (Å²) in [5, 5.41) is 8.64. The Bertz CT molecular complexity index is 488. The van der Waals surface area contributed by atoms with Crippen LogP contribution in [0.25, 0.3) is 6.08 Å². The second-order valence-electron chi connectivity index (χ2n) is 3.90. The van der Waals surface area contributed by atoms with Crippen molar-refractivity contribution >= 4 is 39.7 Å². The standard InChI is InChI=1S/C14H17BrO4S/c1-18-12-9-10(4-5-13(16)17)8-11(15)14(12)19-6-3-7-20-2/h4-5,8-9H,3,6-7H2,1-2H3,(H,16,17)/b5-4+. The molecule has 0 aromatic heterocycles. The molecule has 1 aromatic carbocycles. The van der Waals surface area contributed by atoms with Gasteiger partial charge in [-0.15, -0.1) is 0 Å². The highest BCUT2D eigenvalue weighted by molar-refractivity contribution is 9.10. The Morgan fingerprint density at radius 3 is 2.85 bits per heavy atom. The van der Waals surface area contributed by atoms with Crippen molar-refractivity contribution < 1.29 is 19.4 Å². The van der Waals surface area contributed by atoms with E-state index in [0.717, 1.165) is 28.3 Å². The van der Waals surface area contributed by atoms with E-state index in [1.165, 1.54) is 6.08 Å². The number of carboxylic acids is 1. The molecule has 6 heteroatoms. The van der Waals surface area contributed by atoms with Gasteiger partial charge in [-0.3, -0.25) is 0 Å². The van der Waals surface area contributed by atoms with E-state index in [0.29, 0.717) is 18.1 Å². The van der Waals surface area contributed by atoms with Crippen LogP contribution in [0.5, 0.6) is 11.5 Å². The first kappa shape index (κ1) is 16.9. The molecule has 0 heterocycles. The van der Waals surface area contributed by atoms with Crippen LogP contribution in [0.3, 0.4) is 0 Å². The lowest BCUT2D eigenvalue weighted by Crippen LogP contribution is -2.01. The molecule has 0 aliphatic heterocycles. The summed E-state index contributed by atoms with van der Waals surface area (Å²) in [7, 11) is 1.56. The number of ether oxygens (including phenoxy) is 2. The molecule has 0 aliphatic rings. The second-order valence-corrected chi connectivity index (χ2v) is 5.74. The zero-order valence-corrected chi connectivity index (χ0v) is 13.8. The van der Waals surface area contributed by atoms with E-state index >= 15 is 0 Å². The van der Waals surface area contributed by atoms with E-state index in [1.54, 1.807) is 31.0 Å². The zero-order valence-electron chi connectivity index (χ0n) is 11.4. The quantitative estimate of drug-likeness (QED) is 0.565. The molecule has 20 heavy (non-hydrogen) atoms. The smallest absolute Gasteiger partial charge is 0.328 e. The minimum atomic E-state index is -0.988. The van der Waals surface area contributed by atoms with E-state index in [-0.39, 0.29) is 0 Å². The normalized spacial score (nSPS) is 10.8. The molecule has 0 aliphatic carbocycles. The maximum absolute atomic E-state index is 10.5. The Morgan fingerprint density at radius 2 is 2.25 bits per heavy atom. The van der Waals surface area contributed by atoms with Crippen molar-refractivity contribution in [3.8, 4) is 11.5 Å². The number of rotatable bonds is 8. The summed E-state index contributed by atoms with van der Waals surface area (Å²) >= 11 is 5.20. The van der Waals surface area contributed by atoms with Gasteiger partial charge in [-0.05, 0) is 58.1 Å². The van der Waals surface area contributed by atoms with Gasteiger partial charge in [0.15, 0.2) is 11.5 Å². The van der Waals surface area contributed by atoms with Gasteiger partial charge in [-0.1, -0.05) is 0 Å². The van der Waals surface area contributed by atoms with Gasteiger partial charge in [0.25, 0.3) is 0 Å². The Labute approximate surface area is 131 Å². The second kappa shape index (κ2) is 8.92. The minimum absolute atomic E-state index is 0.577. The predicted molar refractivity (Wildman–Crippen MR) is 85.9 cm³/mol. The van der Waals surface area contributed by atoms with E-state index in [9.17, 15) is 4.79 Å². The molecule has 0 fully saturated rings. The topological polar surface area (TPSA) is 55.8 Å². The van der Waals surface area contributed by atoms with Crippen LogP contribution in [-0.4, -0.2) is 36.8 Å². The fourth-order valence-corrected chi connectivity index (χ4v) is 2.50. The van der Waals surface area contributed by atoms with Gasteiger partial charge in [0.2, 0.25) is 0 Å². The van der Waals surface area contributed by atoms with E-state index < -0.39 is 5.97 Å². The SMILES string of the molecule is COc1cc(/C=C/C(=O)O)cc(Br)c1OCCCSC. The number of carboxylic acid groups (broad SMARTS) is 1. The van der Waals surface area contributed by atoms with E-state index in [2.05, 4.69) is 22.2 Å². The number of halogens is 1. The van der Waals surface area contributed by atoms with Gasteiger partial charge < -0.3 is 14.6 Å². The third kappa shape index (κ3) is 5.46. The van der Waals surface area contributed by atoms with Crippen molar-refractivity contribution in [1.82, 2.24) is 0 Å². The summed E-state index contributed by atoms with van der Waals surface area (Å²) in [4.78, 5) is 10.5. The Kier molecular flexibility index (Phi) is 7.54. The molecular weight excluding hydrogens is 344 g/mol. The first-order valence-corrected chi connectivity index (χ1v) is 8.17. The van der Waals surface area contributed by atoms with Gasteiger partial charge in [0.1, 0.15) is 0 Å². The van der Waals surface area contributed by atoms with Crippen LogP contribution < -0.4 is 9.47 Å². The van der Waals surface area contributed by atoms with Crippen LogP contribution in [0.4, 0.5) is 0 Å². The fourth-order valence-electron chi connectivity index (χ4n) is 1.52. The van der Waals surface area contributed by atoms with Crippen LogP contribution in [0.2, 0.25) is 0 Å². The number of aliphatic carboxylic acids is 1. The van der Waals surface area contributed by atoms with Gasteiger partial charge in [0.05, 0.1) is 18.2 Å². The molecule has 1 aromatic rings. The van der Waals surface area contributed by atoms with Gasteiger partial charge >= 0.3 is 5.97 Å². The lowest BCUT2D eigenvalue weighted by molar-refractivity contribution is -0.131. The number of hydrogen-bond donors (Lipinski definition) is 1. The van der Waals surface area contributed by atoms with Crippen molar-refractivity contribution in [1.29, 1.82) is 0 Å². The van der Waals surface area contributed by atoms with Gasteiger partial charge in [0, 0.05) is 6.08 Å². The summed E-state index contributed by atoms with van der Waals surface area (Å²) in [6, 6.07) is 3.54. The monoisotopic (exact) mass is 360 g/mol. The van der Waals surface area contributed by atoms with E-state index in [1.807, 2.05) is 0 Å². The first-order valence-electron chi connectivity index (χ1n) is 5.98. The maximum atomic E-state index is 10.5. The maximum Gasteiger partial charge on any atom is 0.328 e. The summed E-state index contributed by atoms with van der Waals surface area (Å²) in [6.07, 6.45) is 5.60. The van der Waals surface area contributed by atoms with Crippen LogP contribution in [0.15, 0.2) is 22.7 Å². The molecule has 0 unspecified atom stereocenters. The summed E-state index contributed by atoms with van der Waals surface area (Å²) in [6.45, 7) is 0.611. The molecule has 0 saturated carbocycles. The van der Waals surface area contributed by atoms with Crippen LogP contribution in [-0.2, 0) is 4.79 Å². The molecule has 0 amide bonds. The van der Waals surface area contributed by atoms with Crippen LogP contribution >= 0.6 is 27.7 Å². The minimum Gasteiger partial charge on any atom is -0.493 e.